The predicted molar refractivity (Wildman–Crippen MR) is 90.7 cm³/mol. The smallest absolute Gasteiger partial charge is 0.248 e. The molecule has 5 nitrogen and oxygen atoms in total. The van der Waals surface area contributed by atoms with Crippen LogP contribution in [-0.4, -0.2) is 67.8 Å². The van der Waals surface area contributed by atoms with Crippen LogP contribution in [0.3, 0.4) is 0 Å². The zero-order valence-electron chi connectivity index (χ0n) is 14.2. The quantitative estimate of drug-likeness (QED) is 0.822. The molecule has 2 aliphatic heterocycles. The molecule has 1 amide bonds. The van der Waals surface area contributed by atoms with E-state index in [0.29, 0.717) is 0 Å². The average Bonchev–Trinajstić information content (AvgIpc) is 2.88. The molecule has 3 heterocycles. The van der Waals surface area contributed by atoms with Gasteiger partial charge in [-0.3, -0.25) is 9.69 Å². The Balaban J connectivity index is 1.45. The number of carbonyl (C=O) groups excluding carboxylic acids is 1. The van der Waals surface area contributed by atoms with Crippen LogP contribution in [0.4, 0.5) is 0 Å². The van der Waals surface area contributed by atoms with E-state index in [4.69, 9.17) is 9.47 Å². The fraction of sp³-hybridized carbons (Fsp3) is 0.706. The number of likely N-dealkylation sites (tertiary alicyclic amines) is 1. The van der Waals surface area contributed by atoms with Gasteiger partial charge >= 0.3 is 0 Å². The molecule has 1 atom stereocenters. The second kappa shape index (κ2) is 6.89. The van der Waals surface area contributed by atoms with Gasteiger partial charge in [0.25, 0.3) is 0 Å². The molecular formula is C17H26N2O3S. The van der Waals surface area contributed by atoms with E-state index in [1.807, 2.05) is 11.3 Å². The molecule has 0 aliphatic carbocycles. The van der Waals surface area contributed by atoms with Crippen LogP contribution >= 0.6 is 11.3 Å². The van der Waals surface area contributed by atoms with Gasteiger partial charge in [0.05, 0.1) is 11.7 Å². The van der Waals surface area contributed by atoms with E-state index in [1.165, 1.54) is 9.75 Å². The lowest BCUT2D eigenvalue weighted by Crippen LogP contribution is -2.65. The number of thiophene rings is 1. The van der Waals surface area contributed by atoms with Crippen molar-refractivity contribution in [3.8, 4) is 0 Å². The first-order chi connectivity index (χ1) is 11.0. The summed E-state index contributed by atoms with van der Waals surface area (Å²) in [6.07, 6.45) is 1.92. The lowest BCUT2D eigenvalue weighted by atomic mass is 9.84. The third kappa shape index (κ3) is 4.12. The molecule has 23 heavy (non-hydrogen) atoms. The molecule has 3 rings (SSSR count). The Labute approximate surface area is 142 Å². The molecule has 0 N–H and O–H groups in total. The van der Waals surface area contributed by atoms with E-state index >= 15 is 0 Å². The summed E-state index contributed by atoms with van der Waals surface area (Å²) in [5.41, 5.74) is -0.0591. The third-order valence-corrected chi connectivity index (χ3v) is 5.57. The maximum absolute atomic E-state index is 11.7. The van der Waals surface area contributed by atoms with Gasteiger partial charge < -0.3 is 14.4 Å². The summed E-state index contributed by atoms with van der Waals surface area (Å²) >= 11 is 1.87. The summed E-state index contributed by atoms with van der Waals surface area (Å²) in [7, 11) is 3.51. The van der Waals surface area contributed by atoms with Gasteiger partial charge in [-0.05, 0) is 25.5 Å². The Morgan fingerprint density at radius 3 is 2.91 bits per heavy atom. The molecule has 1 spiro atoms. The zero-order valence-corrected chi connectivity index (χ0v) is 15.0. The van der Waals surface area contributed by atoms with Gasteiger partial charge in [0.15, 0.2) is 0 Å². The van der Waals surface area contributed by atoms with Gasteiger partial charge in [-0.2, -0.15) is 0 Å². The molecule has 2 fully saturated rings. The monoisotopic (exact) mass is 338 g/mol. The molecular weight excluding hydrogens is 312 g/mol. The van der Waals surface area contributed by atoms with Crippen molar-refractivity contribution >= 4 is 17.2 Å². The Morgan fingerprint density at radius 2 is 2.26 bits per heavy atom. The highest BCUT2D eigenvalue weighted by Crippen LogP contribution is 2.36. The Kier molecular flexibility index (Phi) is 5.06. The molecule has 0 unspecified atom stereocenters. The van der Waals surface area contributed by atoms with Crippen molar-refractivity contribution in [1.29, 1.82) is 0 Å². The van der Waals surface area contributed by atoms with E-state index in [9.17, 15) is 4.79 Å². The molecule has 1 aromatic heterocycles. The summed E-state index contributed by atoms with van der Waals surface area (Å²) in [5, 5.41) is 0. The first kappa shape index (κ1) is 16.9. The predicted octanol–water partition coefficient (Wildman–Crippen LogP) is 1.89. The van der Waals surface area contributed by atoms with Gasteiger partial charge in [0, 0.05) is 56.5 Å². The van der Waals surface area contributed by atoms with Crippen LogP contribution in [0.1, 0.15) is 22.6 Å². The molecule has 2 aliphatic rings. The van der Waals surface area contributed by atoms with Crippen molar-refractivity contribution in [1.82, 2.24) is 9.80 Å². The molecule has 128 valence electrons. The number of hydrogen-bond acceptors (Lipinski definition) is 5. The molecule has 0 bridgehead atoms. The zero-order chi connectivity index (χ0) is 16.4. The van der Waals surface area contributed by atoms with Crippen LogP contribution in [0, 0.1) is 6.92 Å². The molecule has 0 aromatic carbocycles. The van der Waals surface area contributed by atoms with Crippen molar-refractivity contribution in [3.05, 3.63) is 21.9 Å². The highest BCUT2D eigenvalue weighted by Gasteiger charge is 2.47. The highest BCUT2D eigenvalue weighted by molar-refractivity contribution is 7.11. The van der Waals surface area contributed by atoms with Crippen molar-refractivity contribution < 1.29 is 14.3 Å². The van der Waals surface area contributed by atoms with E-state index < -0.39 is 0 Å². The number of ether oxygens (including phenoxy) is 2. The van der Waals surface area contributed by atoms with Crippen LogP contribution in [0.2, 0.25) is 0 Å². The van der Waals surface area contributed by atoms with Crippen molar-refractivity contribution in [2.24, 2.45) is 0 Å². The van der Waals surface area contributed by atoms with Crippen molar-refractivity contribution in [3.63, 3.8) is 0 Å². The number of hydrogen-bond donors (Lipinski definition) is 0. The average molecular weight is 338 g/mol. The standard InChI is InChI=1S/C17H26N2O3S/c1-13-4-5-15(23-13)9-19-11-17(12-19)8-14(6-7-22-17)21-10-16(20)18(2)3/h4-5,14H,6-12H2,1-3H3/t14-/m0/s1. The van der Waals surface area contributed by atoms with E-state index in [2.05, 4.69) is 24.0 Å². The van der Waals surface area contributed by atoms with Crippen LogP contribution in [-0.2, 0) is 20.8 Å². The highest BCUT2D eigenvalue weighted by atomic mass is 32.1. The summed E-state index contributed by atoms with van der Waals surface area (Å²) in [4.78, 5) is 18.4. The van der Waals surface area contributed by atoms with Crippen LogP contribution in [0.5, 0.6) is 0 Å². The maximum Gasteiger partial charge on any atom is 0.248 e. The Morgan fingerprint density at radius 1 is 1.48 bits per heavy atom. The minimum absolute atomic E-state index is 0.0221. The van der Waals surface area contributed by atoms with E-state index in [1.54, 1.807) is 19.0 Å². The molecule has 6 heteroatoms. The van der Waals surface area contributed by atoms with Crippen molar-refractivity contribution in [2.75, 3.05) is 40.4 Å². The summed E-state index contributed by atoms with van der Waals surface area (Å²) in [5.74, 6) is 0.0221. The van der Waals surface area contributed by atoms with Crippen LogP contribution in [0.15, 0.2) is 12.1 Å². The first-order valence-electron chi connectivity index (χ1n) is 8.19. The number of rotatable bonds is 5. The Hall–Kier alpha value is -0.950. The number of nitrogens with zero attached hydrogens (tertiary/aromatic N) is 2. The maximum atomic E-state index is 11.7. The number of aryl methyl sites for hydroxylation is 1. The summed E-state index contributed by atoms with van der Waals surface area (Å²) in [6.45, 7) is 5.98. The minimum atomic E-state index is -0.0591. The normalized spacial score (nSPS) is 23.7. The minimum Gasteiger partial charge on any atom is -0.372 e. The van der Waals surface area contributed by atoms with E-state index in [0.717, 1.165) is 39.1 Å². The fourth-order valence-corrected chi connectivity index (χ4v) is 4.27. The molecule has 1 aromatic rings. The largest absolute Gasteiger partial charge is 0.372 e. The van der Waals surface area contributed by atoms with Gasteiger partial charge in [0.2, 0.25) is 5.91 Å². The van der Waals surface area contributed by atoms with Gasteiger partial charge in [-0.15, -0.1) is 11.3 Å². The number of amides is 1. The Bertz CT molecular complexity index is 552. The van der Waals surface area contributed by atoms with Gasteiger partial charge in [-0.1, -0.05) is 0 Å². The van der Waals surface area contributed by atoms with Crippen LogP contribution < -0.4 is 0 Å². The lowest BCUT2D eigenvalue weighted by molar-refractivity contribution is -0.199. The first-order valence-corrected chi connectivity index (χ1v) is 9.01. The fourth-order valence-electron chi connectivity index (χ4n) is 3.33. The lowest BCUT2D eigenvalue weighted by Gasteiger charge is -2.53. The summed E-state index contributed by atoms with van der Waals surface area (Å²) < 4.78 is 11.9. The third-order valence-electron chi connectivity index (χ3n) is 4.59. The number of likely N-dealkylation sites (N-methyl/N-ethyl adjacent to an activating group) is 1. The molecule has 2 saturated heterocycles. The number of carbonyl (C=O) groups is 1. The molecule has 0 saturated carbocycles. The SMILES string of the molecule is Cc1ccc(CN2CC3(C[C@@H](OCC(=O)N(C)C)CCO3)C2)s1. The van der Waals surface area contributed by atoms with Gasteiger partial charge in [-0.25, -0.2) is 0 Å². The summed E-state index contributed by atoms with van der Waals surface area (Å²) in [6, 6.07) is 4.39. The van der Waals surface area contributed by atoms with Crippen LogP contribution in [0.25, 0.3) is 0 Å². The topological polar surface area (TPSA) is 42.0 Å². The van der Waals surface area contributed by atoms with Gasteiger partial charge in [0.1, 0.15) is 6.61 Å². The second-order valence-corrected chi connectivity index (χ2v) is 8.28. The second-order valence-electron chi connectivity index (χ2n) is 6.90. The molecule has 0 radical (unpaired) electrons. The van der Waals surface area contributed by atoms with Crippen molar-refractivity contribution in [2.45, 2.75) is 38.0 Å². The van der Waals surface area contributed by atoms with E-state index in [-0.39, 0.29) is 24.2 Å².